The Kier molecular flexibility index (Phi) is 4.66. The van der Waals surface area contributed by atoms with Gasteiger partial charge in [-0.1, -0.05) is 23.2 Å². The quantitative estimate of drug-likeness (QED) is 0.387. The Balaban J connectivity index is 1.84. The molecule has 0 bridgehead atoms. The smallest absolute Gasteiger partial charge is 0.218 e. The zero-order chi connectivity index (χ0) is 17.3. The van der Waals surface area contributed by atoms with E-state index in [4.69, 9.17) is 35.4 Å². The highest BCUT2D eigenvalue weighted by atomic mass is 35.5. The summed E-state index contributed by atoms with van der Waals surface area (Å²) in [6.07, 6.45) is 0. The van der Waals surface area contributed by atoms with Crippen molar-refractivity contribution in [3.63, 3.8) is 0 Å². The number of thiocarbonyl (C=S) groups is 1. The molecule has 3 rings (SSSR count). The number of H-pyrrole nitrogens is 1. The van der Waals surface area contributed by atoms with E-state index in [1.54, 1.807) is 24.3 Å². The van der Waals surface area contributed by atoms with Crippen LogP contribution in [0.25, 0.3) is 10.9 Å². The number of rotatable bonds is 2. The minimum Gasteiger partial charge on any atom is -0.493 e. The van der Waals surface area contributed by atoms with E-state index < -0.39 is 5.82 Å². The van der Waals surface area contributed by atoms with Crippen LogP contribution in [-0.4, -0.2) is 15.2 Å². The fraction of sp³-hybridized carbons (Fsp3) is 0. The molecule has 0 unspecified atom stereocenters. The molecule has 122 valence electrons. The van der Waals surface area contributed by atoms with Crippen molar-refractivity contribution < 1.29 is 9.50 Å². The molecule has 0 radical (unpaired) electrons. The summed E-state index contributed by atoms with van der Waals surface area (Å²) in [4.78, 5) is 2.65. The first kappa shape index (κ1) is 16.6. The summed E-state index contributed by atoms with van der Waals surface area (Å²) in [5, 5.41) is 21.4. The van der Waals surface area contributed by atoms with E-state index in [-0.39, 0.29) is 21.7 Å². The van der Waals surface area contributed by atoms with Crippen molar-refractivity contribution in [3.05, 3.63) is 52.3 Å². The zero-order valence-corrected chi connectivity index (χ0v) is 14.2. The number of benzene rings is 2. The molecule has 9 heteroatoms. The highest BCUT2D eigenvalue weighted by Crippen LogP contribution is 2.37. The van der Waals surface area contributed by atoms with Gasteiger partial charge < -0.3 is 15.4 Å². The summed E-state index contributed by atoms with van der Waals surface area (Å²) in [5.41, 5.74) is 1.19. The Morgan fingerprint density at radius 1 is 1.21 bits per heavy atom. The van der Waals surface area contributed by atoms with Crippen molar-refractivity contribution in [3.8, 4) is 5.88 Å². The van der Waals surface area contributed by atoms with Crippen molar-refractivity contribution in [2.45, 2.75) is 0 Å². The molecular weight excluding hydrogens is 374 g/mol. The van der Waals surface area contributed by atoms with Crippen LogP contribution in [0.2, 0.25) is 10.0 Å². The summed E-state index contributed by atoms with van der Waals surface area (Å²) in [5.74, 6) is -0.883. The van der Waals surface area contributed by atoms with Crippen molar-refractivity contribution >= 4 is 62.8 Å². The van der Waals surface area contributed by atoms with Gasteiger partial charge in [-0.15, -0.1) is 10.2 Å². The number of hydrogen-bond donors (Lipinski definition) is 3. The molecular formula is C15H9Cl2FN4OS. The molecule has 0 aliphatic carbocycles. The van der Waals surface area contributed by atoms with Crippen LogP contribution in [-0.2, 0) is 0 Å². The van der Waals surface area contributed by atoms with Crippen LogP contribution in [0.3, 0.4) is 0 Å². The third-order valence-corrected chi connectivity index (χ3v) is 3.85. The second-order valence-corrected chi connectivity index (χ2v) is 6.00. The molecule has 0 aliphatic heterocycles. The monoisotopic (exact) mass is 382 g/mol. The van der Waals surface area contributed by atoms with Crippen LogP contribution in [0.1, 0.15) is 0 Å². The molecule has 0 fully saturated rings. The summed E-state index contributed by atoms with van der Waals surface area (Å²) in [7, 11) is 0. The van der Waals surface area contributed by atoms with Gasteiger partial charge in [0.25, 0.3) is 0 Å². The third-order valence-electron chi connectivity index (χ3n) is 3.13. The second kappa shape index (κ2) is 6.72. The van der Waals surface area contributed by atoms with E-state index in [0.29, 0.717) is 21.6 Å². The van der Waals surface area contributed by atoms with Gasteiger partial charge in [0.1, 0.15) is 5.82 Å². The van der Waals surface area contributed by atoms with Crippen LogP contribution >= 0.6 is 35.4 Å². The van der Waals surface area contributed by atoms with Gasteiger partial charge in [0.15, 0.2) is 5.69 Å². The maximum absolute atomic E-state index is 13.6. The minimum absolute atomic E-state index is 0.0628. The molecule has 24 heavy (non-hydrogen) atoms. The van der Waals surface area contributed by atoms with Gasteiger partial charge in [-0.25, -0.2) is 4.39 Å². The lowest BCUT2D eigenvalue weighted by Crippen LogP contribution is -2.04. The van der Waals surface area contributed by atoms with Crippen LogP contribution < -0.4 is 5.32 Å². The topological polar surface area (TPSA) is 72.8 Å². The average molecular weight is 383 g/mol. The first-order valence-electron chi connectivity index (χ1n) is 6.62. The van der Waals surface area contributed by atoms with Gasteiger partial charge in [-0.05, 0) is 48.6 Å². The van der Waals surface area contributed by atoms with E-state index in [1.807, 2.05) is 0 Å². The van der Waals surface area contributed by atoms with Gasteiger partial charge in [0, 0.05) is 16.1 Å². The number of aromatic nitrogens is 1. The zero-order valence-electron chi connectivity index (χ0n) is 11.8. The Morgan fingerprint density at radius 3 is 2.62 bits per heavy atom. The lowest BCUT2D eigenvalue weighted by molar-refractivity contribution is 0.459. The summed E-state index contributed by atoms with van der Waals surface area (Å²) in [6, 6.07) is 9.37. The molecule has 0 atom stereocenters. The number of fused-ring (bicyclic) bond motifs is 1. The Labute approximate surface area is 151 Å². The number of nitrogens with zero attached hydrogens (tertiary/aromatic N) is 2. The standard InChI is InChI=1S/C15H9Cl2FN4OS/c16-7-1-3-8(4-2-7)19-15(24)22-21-13-9-5-11(18)10(17)6-12(9)20-14(13)23/h1-6,20,23H,(H,19,24). The molecule has 0 saturated heterocycles. The Bertz CT molecular complexity index is 956. The summed E-state index contributed by atoms with van der Waals surface area (Å²) in [6.45, 7) is 0. The predicted octanol–water partition coefficient (Wildman–Crippen LogP) is 5.80. The van der Waals surface area contributed by atoms with Crippen LogP contribution in [0.4, 0.5) is 15.8 Å². The van der Waals surface area contributed by atoms with Crippen molar-refractivity contribution in [2.24, 2.45) is 10.2 Å². The maximum Gasteiger partial charge on any atom is 0.218 e. The van der Waals surface area contributed by atoms with E-state index in [9.17, 15) is 9.50 Å². The molecule has 0 saturated carbocycles. The van der Waals surface area contributed by atoms with Crippen LogP contribution in [0.5, 0.6) is 5.88 Å². The molecule has 3 N–H and O–H groups in total. The van der Waals surface area contributed by atoms with Gasteiger partial charge >= 0.3 is 0 Å². The van der Waals surface area contributed by atoms with Gasteiger partial charge in [0.2, 0.25) is 11.0 Å². The number of nitrogens with one attached hydrogen (secondary N) is 2. The Morgan fingerprint density at radius 2 is 1.92 bits per heavy atom. The molecule has 3 aromatic rings. The van der Waals surface area contributed by atoms with E-state index >= 15 is 0 Å². The first-order chi connectivity index (χ1) is 11.4. The van der Waals surface area contributed by atoms with E-state index in [0.717, 1.165) is 6.07 Å². The van der Waals surface area contributed by atoms with E-state index in [2.05, 4.69) is 20.5 Å². The fourth-order valence-corrected chi connectivity index (χ4v) is 2.49. The van der Waals surface area contributed by atoms with Crippen LogP contribution in [0, 0.1) is 5.82 Å². The van der Waals surface area contributed by atoms with Gasteiger partial charge in [-0.2, -0.15) is 0 Å². The van der Waals surface area contributed by atoms with Crippen molar-refractivity contribution in [2.75, 3.05) is 5.32 Å². The predicted molar refractivity (Wildman–Crippen MR) is 97.1 cm³/mol. The SMILES string of the molecule is Oc1[nH]c2cc(Cl)c(F)cc2c1N=NC(=S)Nc1ccc(Cl)cc1. The molecule has 5 nitrogen and oxygen atoms in total. The minimum atomic E-state index is -0.624. The number of hydrogen-bond acceptors (Lipinski definition) is 3. The molecule has 1 heterocycles. The molecule has 1 aromatic heterocycles. The van der Waals surface area contributed by atoms with Crippen molar-refractivity contribution in [1.29, 1.82) is 0 Å². The second-order valence-electron chi connectivity index (χ2n) is 4.77. The normalized spacial score (nSPS) is 11.3. The number of aromatic hydroxyl groups is 1. The highest BCUT2D eigenvalue weighted by Gasteiger charge is 2.13. The first-order valence-corrected chi connectivity index (χ1v) is 7.78. The molecule has 0 aliphatic rings. The largest absolute Gasteiger partial charge is 0.493 e. The number of anilines is 1. The number of aromatic amines is 1. The fourth-order valence-electron chi connectivity index (χ4n) is 2.04. The Hall–Kier alpha value is -2.22. The lowest BCUT2D eigenvalue weighted by atomic mass is 10.2. The summed E-state index contributed by atoms with van der Waals surface area (Å²) >= 11 is 16.6. The number of azo groups is 1. The maximum atomic E-state index is 13.6. The molecule has 2 aromatic carbocycles. The summed E-state index contributed by atoms with van der Waals surface area (Å²) < 4.78 is 13.6. The third kappa shape index (κ3) is 3.48. The van der Waals surface area contributed by atoms with Crippen LogP contribution in [0.15, 0.2) is 46.6 Å². The molecule has 0 amide bonds. The molecule has 0 spiro atoms. The van der Waals surface area contributed by atoms with E-state index in [1.165, 1.54) is 6.07 Å². The van der Waals surface area contributed by atoms with Gasteiger partial charge in [0.05, 0.1) is 10.5 Å². The average Bonchev–Trinajstić information content (AvgIpc) is 2.83. The van der Waals surface area contributed by atoms with Crippen molar-refractivity contribution in [1.82, 2.24) is 4.98 Å². The van der Waals surface area contributed by atoms with Gasteiger partial charge in [-0.3, -0.25) is 0 Å². The number of halogens is 3. The highest BCUT2D eigenvalue weighted by molar-refractivity contribution is 7.80. The lowest BCUT2D eigenvalue weighted by Gasteiger charge is -2.02.